The van der Waals surface area contributed by atoms with Crippen LogP contribution < -0.4 is 0 Å². The third-order valence-corrected chi connectivity index (χ3v) is 3.61. The molecular weight excluding hydrogens is 248 g/mol. The van der Waals surface area contributed by atoms with Gasteiger partial charge in [0.25, 0.3) is 0 Å². The first kappa shape index (κ1) is 13.1. The summed E-state index contributed by atoms with van der Waals surface area (Å²) in [6, 6.07) is 1.82. The molecule has 1 rings (SSSR count). The third kappa shape index (κ3) is 5.09. The Hall–Kier alpha value is 0.0700. The molecule has 0 bridgehead atoms. The van der Waals surface area contributed by atoms with Crippen LogP contribution in [0.25, 0.3) is 0 Å². The summed E-state index contributed by atoms with van der Waals surface area (Å²) < 4.78 is 0. The zero-order valence-corrected chi connectivity index (χ0v) is 11.5. The minimum atomic E-state index is 0.514. The Morgan fingerprint density at radius 2 is 2.13 bits per heavy atom. The van der Waals surface area contributed by atoms with Crippen LogP contribution in [0.1, 0.15) is 27.2 Å². The molecule has 0 saturated carbocycles. The molecule has 0 amide bonds. The van der Waals surface area contributed by atoms with E-state index in [4.69, 9.17) is 11.6 Å². The molecule has 1 aromatic rings. The molecule has 0 fully saturated rings. The number of nitrogens with zero attached hydrogens (tertiary/aromatic N) is 2. The molecule has 2 nitrogen and oxygen atoms in total. The summed E-state index contributed by atoms with van der Waals surface area (Å²) in [6.07, 6.45) is 1.12. The number of hydrogen-bond donors (Lipinski definition) is 0. The first-order valence-corrected chi connectivity index (χ1v) is 7.20. The van der Waals surface area contributed by atoms with Gasteiger partial charge in [0.05, 0.1) is 0 Å². The van der Waals surface area contributed by atoms with Gasteiger partial charge in [-0.1, -0.05) is 44.1 Å². The Balaban J connectivity index is 2.75. The number of halogens is 1. The van der Waals surface area contributed by atoms with Crippen molar-refractivity contribution in [2.45, 2.75) is 42.6 Å². The molecule has 0 spiro atoms. The van der Waals surface area contributed by atoms with Gasteiger partial charge in [-0.2, -0.15) is 0 Å². The summed E-state index contributed by atoms with van der Waals surface area (Å²) >= 11 is 9.30. The summed E-state index contributed by atoms with van der Waals surface area (Å²) in [5.74, 6) is 1.03. The molecule has 0 aromatic carbocycles. The number of hydrogen-bond acceptors (Lipinski definition) is 4. The standard InChI is InChI=1S/C10H15ClN2S2/c1-4-5-14-10-12-8(11)6-9(13-10)15-7(2)3/h6-7H,4-5H2,1-3H3. The molecule has 0 aliphatic rings. The maximum absolute atomic E-state index is 5.93. The molecule has 0 saturated heterocycles. The van der Waals surface area contributed by atoms with E-state index in [9.17, 15) is 0 Å². The van der Waals surface area contributed by atoms with Crippen molar-refractivity contribution in [2.24, 2.45) is 0 Å². The predicted molar refractivity (Wildman–Crippen MR) is 69.1 cm³/mol. The van der Waals surface area contributed by atoms with Crippen molar-refractivity contribution in [2.75, 3.05) is 5.75 Å². The van der Waals surface area contributed by atoms with Crippen molar-refractivity contribution < 1.29 is 0 Å². The number of thioether (sulfide) groups is 2. The van der Waals surface area contributed by atoms with Gasteiger partial charge >= 0.3 is 0 Å². The topological polar surface area (TPSA) is 25.8 Å². The smallest absolute Gasteiger partial charge is 0.190 e. The maximum Gasteiger partial charge on any atom is 0.190 e. The van der Waals surface area contributed by atoms with Crippen molar-refractivity contribution in [3.8, 4) is 0 Å². The second-order valence-electron chi connectivity index (χ2n) is 3.33. The number of aromatic nitrogens is 2. The molecule has 0 radical (unpaired) electrons. The van der Waals surface area contributed by atoms with E-state index in [-0.39, 0.29) is 0 Å². The lowest BCUT2D eigenvalue weighted by molar-refractivity contribution is 0.886. The fourth-order valence-corrected chi connectivity index (χ4v) is 2.81. The molecule has 15 heavy (non-hydrogen) atoms. The largest absolute Gasteiger partial charge is 0.216 e. The minimum Gasteiger partial charge on any atom is -0.216 e. The van der Waals surface area contributed by atoms with Crippen LogP contribution in [-0.2, 0) is 0 Å². The van der Waals surface area contributed by atoms with Gasteiger partial charge in [0.2, 0.25) is 0 Å². The van der Waals surface area contributed by atoms with Crippen LogP contribution in [0.4, 0.5) is 0 Å². The highest BCUT2D eigenvalue weighted by Crippen LogP contribution is 2.25. The first-order chi connectivity index (χ1) is 7.11. The van der Waals surface area contributed by atoms with Crippen LogP contribution >= 0.6 is 35.1 Å². The molecule has 1 heterocycles. The average molecular weight is 263 g/mol. The van der Waals surface area contributed by atoms with E-state index in [1.54, 1.807) is 23.5 Å². The van der Waals surface area contributed by atoms with Gasteiger partial charge in [-0.15, -0.1) is 11.8 Å². The van der Waals surface area contributed by atoms with Gasteiger partial charge < -0.3 is 0 Å². The molecule has 0 aliphatic heterocycles. The van der Waals surface area contributed by atoms with Crippen molar-refractivity contribution >= 4 is 35.1 Å². The highest BCUT2D eigenvalue weighted by molar-refractivity contribution is 8.00. The van der Waals surface area contributed by atoms with Gasteiger partial charge in [-0.3, -0.25) is 0 Å². The Kier molecular flexibility index (Phi) is 5.79. The molecule has 0 aliphatic carbocycles. The summed E-state index contributed by atoms with van der Waals surface area (Å²) in [5.41, 5.74) is 0. The SMILES string of the molecule is CCCSc1nc(Cl)cc(SC(C)C)n1. The van der Waals surface area contributed by atoms with Crippen LogP contribution in [0.5, 0.6) is 0 Å². The van der Waals surface area contributed by atoms with Crippen molar-refractivity contribution in [1.82, 2.24) is 9.97 Å². The van der Waals surface area contributed by atoms with E-state index in [2.05, 4.69) is 30.7 Å². The van der Waals surface area contributed by atoms with E-state index in [1.807, 2.05) is 6.07 Å². The van der Waals surface area contributed by atoms with Crippen LogP contribution in [0.15, 0.2) is 16.2 Å². The quantitative estimate of drug-likeness (QED) is 0.453. The Bertz CT molecular complexity index is 318. The molecule has 0 unspecified atom stereocenters. The summed E-state index contributed by atoms with van der Waals surface area (Å²) in [6.45, 7) is 6.42. The lowest BCUT2D eigenvalue weighted by Gasteiger charge is -2.06. The fourth-order valence-electron chi connectivity index (χ4n) is 0.937. The molecule has 5 heteroatoms. The molecule has 0 N–H and O–H groups in total. The van der Waals surface area contributed by atoms with Crippen LogP contribution in [0.3, 0.4) is 0 Å². The zero-order valence-electron chi connectivity index (χ0n) is 9.16. The Morgan fingerprint density at radius 3 is 2.73 bits per heavy atom. The second kappa shape index (κ2) is 6.61. The van der Waals surface area contributed by atoms with Crippen molar-refractivity contribution in [1.29, 1.82) is 0 Å². The van der Waals surface area contributed by atoms with Gasteiger partial charge in [0.1, 0.15) is 10.2 Å². The van der Waals surface area contributed by atoms with Gasteiger partial charge in [0, 0.05) is 17.1 Å². The maximum atomic E-state index is 5.93. The van der Waals surface area contributed by atoms with Crippen molar-refractivity contribution in [3.05, 3.63) is 11.2 Å². The predicted octanol–water partition coefficient (Wildman–Crippen LogP) is 4.13. The minimum absolute atomic E-state index is 0.514. The molecule has 0 atom stereocenters. The van der Waals surface area contributed by atoms with E-state index < -0.39 is 0 Å². The summed E-state index contributed by atoms with van der Waals surface area (Å²) in [7, 11) is 0. The van der Waals surface area contributed by atoms with Crippen LogP contribution in [0, 0.1) is 0 Å². The zero-order chi connectivity index (χ0) is 11.3. The van der Waals surface area contributed by atoms with E-state index >= 15 is 0 Å². The highest BCUT2D eigenvalue weighted by Gasteiger charge is 2.05. The number of rotatable bonds is 5. The van der Waals surface area contributed by atoms with E-state index in [0.29, 0.717) is 10.4 Å². The second-order valence-corrected chi connectivity index (χ2v) is 6.37. The Morgan fingerprint density at radius 1 is 1.40 bits per heavy atom. The van der Waals surface area contributed by atoms with Gasteiger partial charge in [-0.25, -0.2) is 9.97 Å². The highest BCUT2D eigenvalue weighted by atomic mass is 35.5. The first-order valence-electron chi connectivity index (χ1n) is 4.96. The average Bonchev–Trinajstić information content (AvgIpc) is 2.12. The lowest BCUT2D eigenvalue weighted by atomic mass is 10.6. The fraction of sp³-hybridized carbons (Fsp3) is 0.600. The van der Waals surface area contributed by atoms with Gasteiger partial charge in [0.15, 0.2) is 5.16 Å². The molecular formula is C10H15ClN2S2. The summed E-state index contributed by atoms with van der Waals surface area (Å²) in [5, 5.41) is 2.79. The lowest BCUT2D eigenvalue weighted by Crippen LogP contribution is -1.94. The van der Waals surface area contributed by atoms with Crippen LogP contribution in [-0.4, -0.2) is 21.0 Å². The van der Waals surface area contributed by atoms with Crippen molar-refractivity contribution in [3.63, 3.8) is 0 Å². The van der Waals surface area contributed by atoms with E-state index in [1.165, 1.54) is 0 Å². The molecule has 84 valence electrons. The van der Waals surface area contributed by atoms with Crippen LogP contribution in [0.2, 0.25) is 5.15 Å². The monoisotopic (exact) mass is 262 g/mol. The molecule has 1 aromatic heterocycles. The van der Waals surface area contributed by atoms with E-state index in [0.717, 1.165) is 22.4 Å². The third-order valence-electron chi connectivity index (χ3n) is 1.44. The summed E-state index contributed by atoms with van der Waals surface area (Å²) in [4.78, 5) is 8.62. The Labute approximate surface area is 105 Å². The normalized spacial score (nSPS) is 11.0. The van der Waals surface area contributed by atoms with Gasteiger partial charge in [-0.05, 0) is 6.42 Å².